The van der Waals surface area contributed by atoms with Crippen LogP contribution in [0.2, 0.25) is 0 Å². The van der Waals surface area contributed by atoms with Crippen molar-refractivity contribution in [1.29, 1.82) is 0 Å². The van der Waals surface area contributed by atoms with E-state index in [-0.39, 0.29) is 6.04 Å². The molecule has 21 heavy (non-hydrogen) atoms. The standard InChI is InChI=1S/C16H23N5/c1-11(9-14-10-12(2)20-21-14)18-16-17-8-7-15(19-16)13-5-3-4-6-13/h7-8,10-11,13H,3-6,9H2,1-2H3,(H,20,21)(H,17,18,19). The Morgan fingerprint density at radius 1 is 1.38 bits per heavy atom. The van der Waals surface area contributed by atoms with Gasteiger partial charge in [-0.2, -0.15) is 5.10 Å². The van der Waals surface area contributed by atoms with Crippen molar-refractivity contribution in [2.45, 2.75) is 57.9 Å². The van der Waals surface area contributed by atoms with Crippen LogP contribution in [-0.2, 0) is 6.42 Å². The maximum atomic E-state index is 4.69. The van der Waals surface area contributed by atoms with Gasteiger partial charge in [0.2, 0.25) is 5.95 Å². The van der Waals surface area contributed by atoms with E-state index in [1.807, 2.05) is 13.1 Å². The smallest absolute Gasteiger partial charge is 0.223 e. The molecular weight excluding hydrogens is 262 g/mol. The van der Waals surface area contributed by atoms with Gasteiger partial charge in [-0.25, -0.2) is 9.97 Å². The van der Waals surface area contributed by atoms with Crippen LogP contribution in [0.15, 0.2) is 18.3 Å². The molecule has 5 heteroatoms. The van der Waals surface area contributed by atoms with Gasteiger partial charge in [0.25, 0.3) is 0 Å². The molecular formula is C16H23N5. The fourth-order valence-electron chi connectivity index (χ4n) is 3.06. The lowest BCUT2D eigenvalue weighted by molar-refractivity contribution is 0.689. The average molecular weight is 285 g/mol. The van der Waals surface area contributed by atoms with Gasteiger partial charge in [-0.15, -0.1) is 0 Å². The van der Waals surface area contributed by atoms with Crippen LogP contribution in [-0.4, -0.2) is 26.2 Å². The Morgan fingerprint density at radius 2 is 2.19 bits per heavy atom. The summed E-state index contributed by atoms with van der Waals surface area (Å²) >= 11 is 0. The second-order valence-corrected chi connectivity index (χ2v) is 6.08. The van der Waals surface area contributed by atoms with E-state index >= 15 is 0 Å². The first-order valence-electron chi connectivity index (χ1n) is 7.81. The number of H-pyrrole nitrogens is 1. The minimum atomic E-state index is 0.256. The van der Waals surface area contributed by atoms with E-state index in [2.05, 4.69) is 39.6 Å². The molecule has 0 aromatic carbocycles. The van der Waals surface area contributed by atoms with Gasteiger partial charge in [0, 0.05) is 36.0 Å². The lowest BCUT2D eigenvalue weighted by Crippen LogP contribution is -2.20. The number of nitrogens with one attached hydrogen (secondary N) is 2. The van der Waals surface area contributed by atoms with Crippen LogP contribution in [0.3, 0.4) is 0 Å². The van der Waals surface area contributed by atoms with Crippen molar-refractivity contribution in [2.75, 3.05) is 5.32 Å². The third kappa shape index (κ3) is 3.60. The van der Waals surface area contributed by atoms with Crippen molar-refractivity contribution in [3.05, 3.63) is 35.4 Å². The van der Waals surface area contributed by atoms with E-state index in [0.29, 0.717) is 5.92 Å². The molecule has 0 aliphatic heterocycles. The highest BCUT2D eigenvalue weighted by molar-refractivity contribution is 5.28. The zero-order valence-electron chi connectivity index (χ0n) is 12.8. The molecule has 0 spiro atoms. The second-order valence-electron chi connectivity index (χ2n) is 6.08. The molecule has 1 aliphatic carbocycles. The average Bonchev–Trinajstić information content (AvgIpc) is 3.11. The first-order chi connectivity index (χ1) is 10.2. The Balaban J connectivity index is 1.62. The molecule has 112 valence electrons. The van der Waals surface area contributed by atoms with Crippen LogP contribution in [0.25, 0.3) is 0 Å². The normalized spacial score (nSPS) is 17.0. The predicted octanol–water partition coefficient (Wildman–Crippen LogP) is 3.21. The van der Waals surface area contributed by atoms with Crippen molar-refractivity contribution >= 4 is 5.95 Å². The van der Waals surface area contributed by atoms with Gasteiger partial charge in [-0.1, -0.05) is 12.8 Å². The van der Waals surface area contributed by atoms with Crippen LogP contribution >= 0.6 is 0 Å². The number of aryl methyl sites for hydroxylation is 1. The number of hydrogen-bond acceptors (Lipinski definition) is 4. The number of aromatic nitrogens is 4. The summed E-state index contributed by atoms with van der Waals surface area (Å²) in [5.74, 6) is 1.36. The second kappa shape index (κ2) is 6.24. The van der Waals surface area contributed by atoms with E-state index in [9.17, 15) is 0 Å². The Bertz CT molecular complexity index is 586. The Kier molecular flexibility index (Phi) is 4.18. The van der Waals surface area contributed by atoms with Crippen molar-refractivity contribution < 1.29 is 0 Å². The lowest BCUT2D eigenvalue weighted by atomic mass is 10.0. The number of rotatable bonds is 5. The topological polar surface area (TPSA) is 66.5 Å². The molecule has 1 unspecified atom stereocenters. The molecule has 0 radical (unpaired) electrons. The van der Waals surface area contributed by atoms with E-state index in [0.717, 1.165) is 23.8 Å². The molecule has 2 N–H and O–H groups in total. The Hall–Kier alpha value is -1.91. The molecule has 1 fully saturated rings. The van der Waals surface area contributed by atoms with Crippen LogP contribution in [0.4, 0.5) is 5.95 Å². The van der Waals surface area contributed by atoms with Gasteiger partial charge < -0.3 is 5.32 Å². The molecule has 5 nitrogen and oxygen atoms in total. The highest BCUT2D eigenvalue weighted by Crippen LogP contribution is 2.33. The van der Waals surface area contributed by atoms with Gasteiger partial charge in [0.05, 0.1) is 5.69 Å². The third-order valence-corrected chi connectivity index (χ3v) is 4.10. The number of hydrogen-bond donors (Lipinski definition) is 2. The minimum absolute atomic E-state index is 0.256. The van der Waals surface area contributed by atoms with E-state index in [1.54, 1.807) is 0 Å². The largest absolute Gasteiger partial charge is 0.351 e. The predicted molar refractivity (Wildman–Crippen MR) is 83.4 cm³/mol. The van der Waals surface area contributed by atoms with Crippen molar-refractivity contribution in [2.24, 2.45) is 0 Å². The molecule has 2 aromatic rings. The summed E-state index contributed by atoms with van der Waals surface area (Å²) in [6.07, 6.45) is 7.91. The highest BCUT2D eigenvalue weighted by atomic mass is 15.1. The molecule has 1 saturated carbocycles. The molecule has 1 aliphatic rings. The number of aromatic amines is 1. The summed E-state index contributed by atoms with van der Waals surface area (Å²) in [4.78, 5) is 9.04. The third-order valence-electron chi connectivity index (χ3n) is 4.10. The van der Waals surface area contributed by atoms with E-state index in [1.165, 1.54) is 31.4 Å². The molecule has 0 saturated heterocycles. The molecule has 2 heterocycles. The lowest BCUT2D eigenvalue weighted by Gasteiger charge is -2.14. The summed E-state index contributed by atoms with van der Waals surface area (Å²) in [5.41, 5.74) is 3.35. The fraction of sp³-hybridized carbons (Fsp3) is 0.562. The zero-order chi connectivity index (χ0) is 14.7. The van der Waals surface area contributed by atoms with Gasteiger partial charge in [-0.05, 0) is 38.8 Å². The quantitative estimate of drug-likeness (QED) is 0.885. The number of anilines is 1. The monoisotopic (exact) mass is 285 g/mol. The van der Waals surface area contributed by atoms with Gasteiger partial charge >= 0.3 is 0 Å². The molecule has 0 bridgehead atoms. The summed E-state index contributed by atoms with van der Waals surface area (Å²) in [7, 11) is 0. The summed E-state index contributed by atoms with van der Waals surface area (Å²) < 4.78 is 0. The first-order valence-corrected chi connectivity index (χ1v) is 7.81. The Labute approximate surface area is 125 Å². The summed E-state index contributed by atoms with van der Waals surface area (Å²) in [6.45, 7) is 4.15. The van der Waals surface area contributed by atoms with Crippen LogP contribution in [0.5, 0.6) is 0 Å². The summed E-state index contributed by atoms with van der Waals surface area (Å²) in [6, 6.07) is 4.39. The highest BCUT2D eigenvalue weighted by Gasteiger charge is 2.19. The number of nitrogens with zero attached hydrogens (tertiary/aromatic N) is 3. The SMILES string of the molecule is Cc1cc(CC(C)Nc2nccc(C3CCCC3)n2)n[nH]1. The summed E-state index contributed by atoms with van der Waals surface area (Å²) in [5, 5.41) is 10.6. The van der Waals surface area contributed by atoms with Gasteiger partial charge in [-0.3, -0.25) is 5.10 Å². The van der Waals surface area contributed by atoms with Crippen molar-refractivity contribution in [1.82, 2.24) is 20.2 Å². The fourth-order valence-corrected chi connectivity index (χ4v) is 3.06. The maximum absolute atomic E-state index is 4.69. The van der Waals surface area contributed by atoms with Crippen LogP contribution < -0.4 is 5.32 Å². The van der Waals surface area contributed by atoms with E-state index < -0.39 is 0 Å². The molecule has 0 amide bonds. The Morgan fingerprint density at radius 3 is 2.90 bits per heavy atom. The van der Waals surface area contributed by atoms with Crippen molar-refractivity contribution in [3.63, 3.8) is 0 Å². The van der Waals surface area contributed by atoms with E-state index in [4.69, 9.17) is 4.98 Å². The minimum Gasteiger partial charge on any atom is -0.351 e. The first kappa shape index (κ1) is 14.0. The maximum Gasteiger partial charge on any atom is 0.223 e. The molecule has 1 atom stereocenters. The van der Waals surface area contributed by atoms with Gasteiger partial charge in [0.1, 0.15) is 0 Å². The van der Waals surface area contributed by atoms with Crippen LogP contribution in [0.1, 0.15) is 55.6 Å². The van der Waals surface area contributed by atoms with Crippen LogP contribution in [0, 0.1) is 6.92 Å². The van der Waals surface area contributed by atoms with Crippen molar-refractivity contribution in [3.8, 4) is 0 Å². The molecule has 3 rings (SSSR count). The molecule has 2 aromatic heterocycles. The zero-order valence-corrected chi connectivity index (χ0v) is 12.8. The van der Waals surface area contributed by atoms with Gasteiger partial charge in [0.15, 0.2) is 0 Å².